The molecular weight excluding hydrogens is 360 g/mol. The van der Waals surface area contributed by atoms with Gasteiger partial charge in [-0.25, -0.2) is 9.36 Å². The summed E-state index contributed by atoms with van der Waals surface area (Å²) in [5.74, 6) is -0.343. The van der Waals surface area contributed by atoms with Crippen LogP contribution >= 0.6 is 0 Å². The molecule has 2 aromatic heterocycles. The lowest BCUT2D eigenvalue weighted by Crippen LogP contribution is -2.35. The largest absolute Gasteiger partial charge is 0.376 e. The van der Waals surface area contributed by atoms with Crippen molar-refractivity contribution in [3.8, 4) is 5.69 Å². The average Bonchev–Trinajstić information content (AvgIpc) is 3.29. The van der Waals surface area contributed by atoms with E-state index >= 15 is 0 Å². The summed E-state index contributed by atoms with van der Waals surface area (Å²) in [6.07, 6.45) is 3.47. The van der Waals surface area contributed by atoms with Crippen LogP contribution in [-0.4, -0.2) is 39.3 Å². The van der Waals surface area contributed by atoms with E-state index in [1.54, 1.807) is 29.9 Å². The van der Waals surface area contributed by atoms with Gasteiger partial charge < -0.3 is 19.6 Å². The molecule has 146 valence electrons. The van der Waals surface area contributed by atoms with E-state index in [1.165, 1.54) is 0 Å². The fraction of sp³-hybridized carbons (Fsp3) is 0.350. The number of carbonyl (C=O) groups excluding carboxylic acids is 1. The third-order valence-corrected chi connectivity index (χ3v) is 5.07. The summed E-state index contributed by atoms with van der Waals surface area (Å²) in [5.41, 5.74) is 1.22. The highest BCUT2D eigenvalue weighted by Gasteiger charge is 2.22. The highest BCUT2D eigenvalue weighted by Crippen LogP contribution is 2.16. The van der Waals surface area contributed by atoms with Crippen LogP contribution in [0.25, 0.3) is 16.7 Å². The zero-order valence-corrected chi connectivity index (χ0v) is 15.8. The number of nitrogens with zero attached hydrogens (tertiary/aromatic N) is 2. The fourth-order valence-electron chi connectivity index (χ4n) is 3.58. The molecule has 1 aliphatic heterocycles. The number of hydrogen-bond donors (Lipinski definition) is 2. The third kappa shape index (κ3) is 3.16. The Morgan fingerprint density at radius 2 is 2.04 bits per heavy atom. The number of nitrogens with one attached hydrogen (secondary N) is 2. The van der Waals surface area contributed by atoms with Crippen molar-refractivity contribution in [3.05, 3.63) is 62.4 Å². The Bertz CT molecular complexity index is 1150. The lowest BCUT2D eigenvalue weighted by molar-refractivity contribution is 0.0859. The summed E-state index contributed by atoms with van der Waals surface area (Å²) < 4.78 is 8.16. The highest BCUT2D eigenvalue weighted by molar-refractivity contribution is 6.05. The van der Waals surface area contributed by atoms with Crippen molar-refractivity contribution < 1.29 is 9.53 Å². The maximum Gasteiger partial charge on any atom is 0.333 e. The van der Waals surface area contributed by atoms with Gasteiger partial charge in [-0.3, -0.25) is 9.59 Å². The van der Waals surface area contributed by atoms with E-state index in [9.17, 15) is 14.4 Å². The lowest BCUT2D eigenvalue weighted by Gasteiger charge is -2.10. The Morgan fingerprint density at radius 3 is 2.71 bits per heavy atom. The van der Waals surface area contributed by atoms with Gasteiger partial charge in [-0.2, -0.15) is 0 Å². The van der Waals surface area contributed by atoms with E-state index in [2.05, 4.69) is 10.3 Å². The maximum absolute atomic E-state index is 13.0. The number of aromatic amines is 1. The monoisotopic (exact) mass is 382 g/mol. The van der Waals surface area contributed by atoms with Crippen LogP contribution in [0.3, 0.4) is 0 Å². The molecule has 1 fully saturated rings. The SMILES string of the molecule is Cc1ccc(-n2c(=O)[nH]c3c(C(=O)NCC4CCCO4)cn(C)c3c2=O)cc1. The second kappa shape index (κ2) is 7.12. The molecule has 2 N–H and O–H groups in total. The number of aromatic nitrogens is 3. The number of fused-ring (bicyclic) bond motifs is 1. The van der Waals surface area contributed by atoms with Crippen molar-refractivity contribution in [3.63, 3.8) is 0 Å². The molecule has 0 radical (unpaired) electrons. The predicted molar refractivity (Wildman–Crippen MR) is 105 cm³/mol. The van der Waals surface area contributed by atoms with Gasteiger partial charge in [0.25, 0.3) is 11.5 Å². The molecule has 3 aromatic rings. The van der Waals surface area contributed by atoms with Crippen molar-refractivity contribution in [1.29, 1.82) is 0 Å². The van der Waals surface area contributed by atoms with Gasteiger partial charge in [0.2, 0.25) is 0 Å². The minimum atomic E-state index is -0.583. The number of rotatable bonds is 4. The van der Waals surface area contributed by atoms with Crippen LogP contribution in [-0.2, 0) is 11.8 Å². The quantitative estimate of drug-likeness (QED) is 0.709. The zero-order chi connectivity index (χ0) is 19.8. The van der Waals surface area contributed by atoms with Crippen molar-refractivity contribution in [2.24, 2.45) is 7.05 Å². The molecule has 1 atom stereocenters. The molecule has 8 nitrogen and oxygen atoms in total. The first kappa shape index (κ1) is 18.2. The van der Waals surface area contributed by atoms with E-state index in [0.717, 1.165) is 23.0 Å². The zero-order valence-electron chi connectivity index (χ0n) is 15.8. The second-order valence-electron chi connectivity index (χ2n) is 7.13. The van der Waals surface area contributed by atoms with Crippen LogP contribution in [0, 0.1) is 6.92 Å². The van der Waals surface area contributed by atoms with Gasteiger partial charge >= 0.3 is 5.69 Å². The first-order chi connectivity index (χ1) is 13.5. The molecule has 1 aromatic carbocycles. The van der Waals surface area contributed by atoms with Gasteiger partial charge in [-0.05, 0) is 31.9 Å². The summed E-state index contributed by atoms with van der Waals surface area (Å²) in [6.45, 7) is 3.04. The van der Waals surface area contributed by atoms with Gasteiger partial charge in [0.05, 0.1) is 22.9 Å². The second-order valence-corrected chi connectivity index (χ2v) is 7.13. The summed E-state index contributed by atoms with van der Waals surface area (Å²) in [7, 11) is 1.68. The Balaban J connectivity index is 1.75. The smallest absolute Gasteiger partial charge is 0.333 e. The molecule has 0 spiro atoms. The van der Waals surface area contributed by atoms with Crippen molar-refractivity contribution in [2.75, 3.05) is 13.2 Å². The summed E-state index contributed by atoms with van der Waals surface area (Å²) in [4.78, 5) is 41.0. The van der Waals surface area contributed by atoms with Crippen LogP contribution in [0.15, 0.2) is 40.1 Å². The Kier molecular flexibility index (Phi) is 4.64. The summed E-state index contributed by atoms with van der Waals surface area (Å²) in [5, 5.41) is 2.83. The number of benzene rings is 1. The summed E-state index contributed by atoms with van der Waals surface area (Å²) in [6, 6.07) is 7.10. The van der Waals surface area contributed by atoms with Crippen molar-refractivity contribution >= 4 is 16.9 Å². The highest BCUT2D eigenvalue weighted by atomic mass is 16.5. The van der Waals surface area contributed by atoms with Crippen LogP contribution in [0.4, 0.5) is 0 Å². The molecule has 0 bridgehead atoms. The van der Waals surface area contributed by atoms with Crippen LogP contribution in [0.2, 0.25) is 0 Å². The maximum atomic E-state index is 13.0. The van der Waals surface area contributed by atoms with E-state index in [-0.39, 0.29) is 28.6 Å². The van der Waals surface area contributed by atoms with Gasteiger partial charge in [-0.15, -0.1) is 0 Å². The molecule has 4 rings (SSSR count). The van der Waals surface area contributed by atoms with Gasteiger partial charge in [0.15, 0.2) is 0 Å². The Hall–Kier alpha value is -3.13. The van der Waals surface area contributed by atoms with E-state index in [1.807, 2.05) is 19.1 Å². The van der Waals surface area contributed by atoms with E-state index in [0.29, 0.717) is 18.8 Å². The van der Waals surface area contributed by atoms with Crippen LogP contribution in [0.1, 0.15) is 28.8 Å². The van der Waals surface area contributed by atoms with Crippen LogP contribution < -0.4 is 16.6 Å². The molecule has 1 saturated heterocycles. The van der Waals surface area contributed by atoms with Crippen molar-refractivity contribution in [1.82, 2.24) is 19.4 Å². The topological polar surface area (TPSA) is 98.1 Å². The Labute approximate surface area is 160 Å². The molecule has 1 unspecified atom stereocenters. The fourth-order valence-corrected chi connectivity index (χ4v) is 3.58. The first-order valence-electron chi connectivity index (χ1n) is 9.27. The van der Waals surface area contributed by atoms with E-state index < -0.39 is 11.2 Å². The van der Waals surface area contributed by atoms with Crippen LogP contribution in [0.5, 0.6) is 0 Å². The first-order valence-corrected chi connectivity index (χ1v) is 9.27. The van der Waals surface area contributed by atoms with Gasteiger partial charge in [0.1, 0.15) is 5.52 Å². The molecule has 28 heavy (non-hydrogen) atoms. The van der Waals surface area contributed by atoms with E-state index in [4.69, 9.17) is 4.74 Å². The number of amides is 1. The third-order valence-electron chi connectivity index (χ3n) is 5.07. The Morgan fingerprint density at radius 1 is 1.29 bits per heavy atom. The lowest BCUT2D eigenvalue weighted by atomic mass is 10.2. The average molecular weight is 382 g/mol. The van der Waals surface area contributed by atoms with Gasteiger partial charge in [0, 0.05) is 26.4 Å². The molecule has 0 aliphatic carbocycles. The van der Waals surface area contributed by atoms with Gasteiger partial charge in [-0.1, -0.05) is 17.7 Å². The normalized spacial score (nSPS) is 16.6. The summed E-state index contributed by atoms with van der Waals surface area (Å²) >= 11 is 0. The molecule has 3 heterocycles. The standard InChI is InChI=1S/C20H22N4O4/c1-12-5-7-13(8-6-12)24-19(26)17-16(22-20(24)27)15(11-23(17)2)18(25)21-10-14-4-3-9-28-14/h5-8,11,14H,3-4,9-10H2,1-2H3,(H,21,25)(H,22,27). The number of hydrogen-bond acceptors (Lipinski definition) is 4. The molecule has 8 heteroatoms. The number of aryl methyl sites for hydroxylation is 2. The molecule has 1 aliphatic rings. The molecule has 0 saturated carbocycles. The molecular formula is C20H22N4O4. The minimum Gasteiger partial charge on any atom is -0.376 e. The number of ether oxygens (including phenoxy) is 1. The van der Waals surface area contributed by atoms with Crippen molar-refractivity contribution in [2.45, 2.75) is 25.9 Å². The predicted octanol–water partition coefficient (Wildman–Crippen LogP) is 1.23. The molecule has 1 amide bonds. The number of H-pyrrole nitrogens is 1. The minimum absolute atomic E-state index is 0.0109. The number of carbonyl (C=O) groups is 1.